The summed E-state index contributed by atoms with van der Waals surface area (Å²) >= 11 is 12.0. The number of carbonyl (C=O) groups excluding carboxylic acids is 1. The van der Waals surface area contributed by atoms with Gasteiger partial charge in [0, 0.05) is 35.1 Å². The lowest BCUT2D eigenvalue weighted by Gasteiger charge is -2.26. The van der Waals surface area contributed by atoms with Crippen molar-refractivity contribution < 1.29 is 21.6 Å². The number of hydrogen-bond donors (Lipinski definition) is 2. The molecule has 1 fully saturated rings. The van der Waals surface area contributed by atoms with Crippen molar-refractivity contribution in [3.63, 3.8) is 0 Å². The van der Waals surface area contributed by atoms with Crippen molar-refractivity contribution in [2.75, 3.05) is 23.1 Å². The molecule has 1 heterocycles. The molecule has 0 radical (unpaired) electrons. The molecule has 1 aliphatic heterocycles. The third-order valence-electron chi connectivity index (χ3n) is 5.62. The van der Waals surface area contributed by atoms with E-state index < -0.39 is 26.0 Å². The van der Waals surface area contributed by atoms with Crippen LogP contribution in [0.1, 0.15) is 29.6 Å². The third kappa shape index (κ3) is 6.01. The molecule has 0 unspecified atom stereocenters. The predicted octanol–water partition coefficient (Wildman–Crippen LogP) is 5.22. The van der Waals surface area contributed by atoms with Gasteiger partial charge in [0.25, 0.3) is 15.9 Å². The number of nitrogens with zero attached hydrogens (tertiary/aromatic N) is 1. The number of hydrogen-bond acceptors (Lipinski definition) is 5. The van der Waals surface area contributed by atoms with E-state index in [4.69, 9.17) is 23.2 Å². The maximum Gasteiger partial charge on any atom is 0.263 e. The number of carbonyl (C=O) groups is 1. The molecule has 1 saturated heterocycles. The summed E-state index contributed by atoms with van der Waals surface area (Å²) < 4.78 is 55.6. The molecule has 2 N–H and O–H groups in total. The van der Waals surface area contributed by atoms with Crippen molar-refractivity contribution in [3.8, 4) is 0 Å². The highest BCUT2D eigenvalue weighted by molar-refractivity contribution is 7.92. The fourth-order valence-electron chi connectivity index (χ4n) is 3.77. The Labute approximate surface area is 220 Å². The zero-order chi connectivity index (χ0) is 25.9. The number of nitrogens with one attached hydrogen (secondary N) is 2. The zero-order valence-corrected chi connectivity index (χ0v) is 22.1. The number of sulfonamides is 2. The number of piperidine rings is 1. The lowest BCUT2D eigenvalue weighted by molar-refractivity contribution is 0.102. The molecule has 8 nitrogen and oxygen atoms in total. The van der Waals surface area contributed by atoms with Gasteiger partial charge in [0.05, 0.1) is 9.92 Å². The first kappa shape index (κ1) is 26.4. The van der Waals surface area contributed by atoms with E-state index in [0.717, 1.165) is 25.3 Å². The highest BCUT2D eigenvalue weighted by Crippen LogP contribution is 2.27. The standard InChI is InChI=1S/C24H23Cl2N3O5S2/c25-18-8-10-19(11-9-18)28-35(31,32)23-15-17(7-12-22(23)26)24(30)27-20-5-4-6-21(16-20)36(33,34)29-13-2-1-3-14-29/h4-12,15-16,28H,1-3,13-14H2,(H,27,30). The van der Waals surface area contributed by atoms with E-state index in [1.807, 2.05) is 0 Å². The van der Waals surface area contributed by atoms with E-state index >= 15 is 0 Å². The van der Waals surface area contributed by atoms with Crippen LogP contribution in [0.4, 0.5) is 11.4 Å². The fraction of sp³-hybridized carbons (Fsp3) is 0.208. The summed E-state index contributed by atoms with van der Waals surface area (Å²) in [6.07, 6.45) is 2.62. The Hall–Kier alpha value is -2.63. The zero-order valence-electron chi connectivity index (χ0n) is 18.9. The van der Waals surface area contributed by atoms with Gasteiger partial charge < -0.3 is 5.32 Å². The molecular formula is C24H23Cl2N3O5S2. The molecule has 0 aliphatic carbocycles. The highest BCUT2D eigenvalue weighted by atomic mass is 35.5. The van der Waals surface area contributed by atoms with Gasteiger partial charge in [-0.15, -0.1) is 0 Å². The minimum absolute atomic E-state index is 0.0279. The summed E-state index contributed by atoms with van der Waals surface area (Å²) in [6, 6.07) is 15.9. The quantitative estimate of drug-likeness (QED) is 0.406. The van der Waals surface area contributed by atoms with Crippen molar-refractivity contribution in [3.05, 3.63) is 82.3 Å². The molecule has 0 aromatic heterocycles. The van der Waals surface area contributed by atoms with Crippen molar-refractivity contribution >= 4 is 60.5 Å². The molecule has 0 bridgehead atoms. The number of rotatable bonds is 7. The second-order valence-electron chi connectivity index (χ2n) is 8.20. The van der Waals surface area contributed by atoms with Crippen molar-refractivity contribution in [2.45, 2.75) is 29.1 Å². The first-order chi connectivity index (χ1) is 17.1. The van der Waals surface area contributed by atoms with Crippen LogP contribution in [0.25, 0.3) is 0 Å². The topological polar surface area (TPSA) is 113 Å². The van der Waals surface area contributed by atoms with Gasteiger partial charge in [-0.25, -0.2) is 16.8 Å². The molecule has 3 aromatic rings. The van der Waals surface area contributed by atoms with Crippen LogP contribution >= 0.6 is 23.2 Å². The van der Waals surface area contributed by atoms with Crippen molar-refractivity contribution in [1.29, 1.82) is 0 Å². The van der Waals surface area contributed by atoms with Crippen LogP contribution < -0.4 is 10.0 Å². The molecule has 1 aliphatic rings. The minimum atomic E-state index is -4.11. The summed E-state index contributed by atoms with van der Waals surface area (Å²) in [5.74, 6) is -0.623. The Morgan fingerprint density at radius 1 is 0.806 bits per heavy atom. The number of amides is 1. The van der Waals surface area contributed by atoms with Crippen LogP contribution in [0.3, 0.4) is 0 Å². The Balaban J connectivity index is 1.55. The van der Waals surface area contributed by atoms with E-state index in [1.165, 1.54) is 52.8 Å². The summed E-state index contributed by atoms with van der Waals surface area (Å²) in [7, 11) is -7.79. The lowest BCUT2D eigenvalue weighted by Crippen LogP contribution is -2.35. The monoisotopic (exact) mass is 567 g/mol. The molecule has 0 atom stereocenters. The highest BCUT2D eigenvalue weighted by Gasteiger charge is 2.26. The normalized spacial score (nSPS) is 14.8. The number of anilines is 2. The maximum atomic E-state index is 13.0. The van der Waals surface area contributed by atoms with Crippen LogP contribution in [-0.4, -0.2) is 40.1 Å². The molecule has 4 rings (SSSR count). The SMILES string of the molecule is O=C(Nc1cccc(S(=O)(=O)N2CCCCC2)c1)c1ccc(Cl)c(S(=O)(=O)Nc2ccc(Cl)cc2)c1. The van der Waals surface area contributed by atoms with E-state index in [2.05, 4.69) is 10.0 Å². The van der Waals surface area contributed by atoms with Crippen LogP contribution in [0.2, 0.25) is 10.0 Å². The van der Waals surface area contributed by atoms with Crippen LogP contribution in [0.15, 0.2) is 76.5 Å². The first-order valence-electron chi connectivity index (χ1n) is 11.1. The van der Waals surface area contributed by atoms with E-state index in [0.29, 0.717) is 18.1 Å². The molecule has 190 valence electrons. The minimum Gasteiger partial charge on any atom is -0.322 e. The Morgan fingerprint density at radius 2 is 1.50 bits per heavy atom. The first-order valence-corrected chi connectivity index (χ1v) is 14.7. The summed E-state index contributed by atoms with van der Waals surface area (Å²) in [5, 5.41) is 3.01. The van der Waals surface area contributed by atoms with Gasteiger partial charge in [-0.3, -0.25) is 9.52 Å². The smallest absolute Gasteiger partial charge is 0.263 e. The molecule has 3 aromatic carbocycles. The Bertz CT molecular complexity index is 1490. The van der Waals surface area contributed by atoms with Crippen LogP contribution in [0.5, 0.6) is 0 Å². The molecular weight excluding hydrogens is 545 g/mol. The molecule has 12 heteroatoms. The van der Waals surface area contributed by atoms with Crippen LogP contribution in [0, 0.1) is 0 Å². The molecule has 0 spiro atoms. The second-order valence-corrected chi connectivity index (χ2v) is 12.6. The lowest BCUT2D eigenvalue weighted by atomic mass is 10.2. The van der Waals surface area contributed by atoms with Gasteiger partial charge in [-0.2, -0.15) is 4.31 Å². The molecule has 36 heavy (non-hydrogen) atoms. The van der Waals surface area contributed by atoms with Gasteiger partial charge in [0.15, 0.2) is 0 Å². The van der Waals surface area contributed by atoms with Gasteiger partial charge >= 0.3 is 0 Å². The van der Waals surface area contributed by atoms with Gasteiger partial charge in [-0.1, -0.05) is 35.7 Å². The van der Waals surface area contributed by atoms with Crippen molar-refractivity contribution in [2.24, 2.45) is 0 Å². The summed E-state index contributed by atoms with van der Waals surface area (Å²) in [5.41, 5.74) is 0.564. The van der Waals surface area contributed by atoms with Crippen molar-refractivity contribution in [1.82, 2.24) is 4.31 Å². The summed E-state index contributed by atoms with van der Waals surface area (Å²) in [6.45, 7) is 0.927. The molecule has 1 amide bonds. The third-order valence-corrected chi connectivity index (χ3v) is 9.63. The van der Waals surface area contributed by atoms with E-state index in [-0.39, 0.29) is 31.8 Å². The van der Waals surface area contributed by atoms with Gasteiger partial charge in [-0.05, 0) is 73.5 Å². The van der Waals surface area contributed by atoms with E-state index in [1.54, 1.807) is 12.1 Å². The summed E-state index contributed by atoms with van der Waals surface area (Å²) in [4.78, 5) is 12.7. The van der Waals surface area contributed by atoms with Crippen LogP contribution in [-0.2, 0) is 20.0 Å². The fourth-order valence-corrected chi connectivity index (χ4v) is 7.05. The Morgan fingerprint density at radius 3 is 2.19 bits per heavy atom. The molecule has 0 saturated carbocycles. The largest absolute Gasteiger partial charge is 0.322 e. The number of benzene rings is 3. The Kier molecular flexibility index (Phi) is 7.91. The second kappa shape index (κ2) is 10.8. The maximum absolute atomic E-state index is 13.0. The average molecular weight is 569 g/mol. The predicted molar refractivity (Wildman–Crippen MR) is 141 cm³/mol. The average Bonchev–Trinajstić information content (AvgIpc) is 2.86. The van der Waals surface area contributed by atoms with Gasteiger partial charge in [0.1, 0.15) is 4.90 Å². The van der Waals surface area contributed by atoms with Gasteiger partial charge in [0.2, 0.25) is 10.0 Å². The number of halogens is 2. The van der Waals surface area contributed by atoms with E-state index in [9.17, 15) is 21.6 Å².